The van der Waals surface area contributed by atoms with Crippen LogP contribution in [0.4, 0.5) is 0 Å². The maximum atomic E-state index is 8.92. The van der Waals surface area contributed by atoms with Gasteiger partial charge in [0.15, 0.2) is 0 Å². The fourth-order valence-electron chi connectivity index (χ4n) is 2.52. The number of nitrogens with zero attached hydrogens (tertiary/aromatic N) is 1. The molecule has 2 aromatic rings. The highest BCUT2D eigenvalue weighted by Gasteiger charge is 2.24. The first-order chi connectivity index (χ1) is 7.81. The van der Waals surface area contributed by atoms with E-state index in [0.29, 0.717) is 5.92 Å². The van der Waals surface area contributed by atoms with E-state index in [9.17, 15) is 0 Å². The summed E-state index contributed by atoms with van der Waals surface area (Å²) in [7, 11) is 0. The number of hydrogen-bond acceptors (Lipinski definition) is 1. The van der Waals surface area contributed by atoms with Crippen LogP contribution in [0.5, 0.6) is 0 Å². The normalized spacial score (nSPS) is 16.4. The minimum absolute atomic E-state index is 0.402. The van der Waals surface area contributed by atoms with Gasteiger partial charge in [0, 0.05) is 5.92 Å². The average molecular weight is 205 g/mol. The van der Waals surface area contributed by atoms with E-state index in [0.717, 1.165) is 5.56 Å². The molecule has 0 saturated carbocycles. The van der Waals surface area contributed by atoms with Gasteiger partial charge in [-0.1, -0.05) is 37.3 Å². The lowest BCUT2D eigenvalue weighted by Crippen LogP contribution is -1.89. The summed E-state index contributed by atoms with van der Waals surface area (Å²) in [4.78, 5) is 0. The van der Waals surface area contributed by atoms with Crippen molar-refractivity contribution in [3.8, 4) is 17.2 Å². The number of hydrogen-bond donors (Lipinski definition) is 0. The van der Waals surface area contributed by atoms with Gasteiger partial charge in [-0.3, -0.25) is 0 Å². The molecular formula is C15H11N. The van der Waals surface area contributed by atoms with Gasteiger partial charge in [0.25, 0.3) is 0 Å². The summed E-state index contributed by atoms with van der Waals surface area (Å²) in [6.45, 7) is 2.20. The largest absolute Gasteiger partial charge is 0.192 e. The molecule has 1 nitrogen and oxygen atoms in total. The fourth-order valence-corrected chi connectivity index (χ4v) is 2.52. The highest BCUT2D eigenvalue weighted by Crippen LogP contribution is 2.44. The Balaban J connectivity index is 2.29. The molecule has 0 bridgehead atoms. The third-order valence-corrected chi connectivity index (χ3v) is 3.36. The summed E-state index contributed by atoms with van der Waals surface area (Å²) in [5, 5.41) is 8.92. The van der Waals surface area contributed by atoms with Gasteiger partial charge >= 0.3 is 0 Å². The molecule has 0 amide bonds. The van der Waals surface area contributed by atoms with Crippen molar-refractivity contribution in [2.45, 2.75) is 12.8 Å². The quantitative estimate of drug-likeness (QED) is 0.643. The Kier molecular flexibility index (Phi) is 1.84. The predicted molar refractivity (Wildman–Crippen MR) is 64.1 cm³/mol. The van der Waals surface area contributed by atoms with E-state index in [4.69, 9.17) is 5.26 Å². The van der Waals surface area contributed by atoms with Crippen LogP contribution in [0.2, 0.25) is 0 Å². The molecule has 0 fully saturated rings. The summed E-state index contributed by atoms with van der Waals surface area (Å²) in [5.74, 6) is 0.402. The van der Waals surface area contributed by atoms with E-state index in [1.54, 1.807) is 0 Å². The Morgan fingerprint density at radius 1 is 1.00 bits per heavy atom. The molecule has 0 saturated heterocycles. The van der Waals surface area contributed by atoms with E-state index in [1.807, 2.05) is 12.1 Å². The molecule has 3 rings (SSSR count). The van der Waals surface area contributed by atoms with Crippen LogP contribution in [0, 0.1) is 11.3 Å². The standard InChI is InChI=1S/C15H11N/c1-10-12-4-2-3-5-13(12)14-7-6-11(9-16)8-15(10)14/h2-8,10H,1H3/t10-/m0/s1. The Bertz CT molecular complexity index is 605. The van der Waals surface area contributed by atoms with E-state index in [1.165, 1.54) is 22.3 Å². The Morgan fingerprint density at radius 3 is 2.56 bits per heavy atom. The van der Waals surface area contributed by atoms with E-state index >= 15 is 0 Å². The molecule has 1 aliphatic rings. The number of nitriles is 1. The second-order valence-electron chi connectivity index (χ2n) is 4.22. The van der Waals surface area contributed by atoms with Crippen molar-refractivity contribution in [1.82, 2.24) is 0 Å². The first kappa shape index (κ1) is 9.18. The maximum Gasteiger partial charge on any atom is 0.0991 e. The average Bonchev–Trinajstić information content (AvgIpc) is 2.64. The van der Waals surface area contributed by atoms with Gasteiger partial charge < -0.3 is 0 Å². The topological polar surface area (TPSA) is 23.8 Å². The zero-order chi connectivity index (χ0) is 11.1. The third-order valence-electron chi connectivity index (χ3n) is 3.36. The molecule has 76 valence electrons. The Hall–Kier alpha value is -2.07. The number of fused-ring (bicyclic) bond motifs is 3. The van der Waals surface area contributed by atoms with Crippen LogP contribution in [-0.2, 0) is 0 Å². The molecule has 0 N–H and O–H groups in total. The highest BCUT2D eigenvalue weighted by atomic mass is 14.3. The summed E-state index contributed by atoms with van der Waals surface area (Å²) >= 11 is 0. The predicted octanol–water partition coefficient (Wildman–Crippen LogP) is 3.69. The van der Waals surface area contributed by atoms with Crippen molar-refractivity contribution in [2.75, 3.05) is 0 Å². The fraction of sp³-hybridized carbons (Fsp3) is 0.133. The summed E-state index contributed by atoms with van der Waals surface area (Å²) in [5.41, 5.74) is 5.99. The van der Waals surface area contributed by atoms with Crippen molar-refractivity contribution in [3.63, 3.8) is 0 Å². The van der Waals surface area contributed by atoms with Crippen LogP contribution in [0.15, 0.2) is 42.5 Å². The van der Waals surface area contributed by atoms with Crippen molar-refractivity contribution < 1.29 is 0 Å². The van der Waals surface area contributed by atoms with Crippen molar-refractivity contribution >= 4 is 0 Å². The van der Waals surface area contributed by atoms with Gasteiger partial charge in [-0.25, -0.2) is 0 Å². The minimum Gasteiger partial charge on any atom is -0.192 e. The highest BCUT2D eigenvalue weighted by molar-refractivity contribution is 5.79. The third kappa shape index (κ3) is 1.10. The van der Waals surface area contributed by atoms with Crippen LogP contribution in [0.1, 0.15) is 29.5 Å². The number of benzene rings is 2. The van der Waals surface area contributed by atoms with Gasteiger partial charge in [0.1, 0.15) is 0 Å². The zero-order valence-electron chi connectivity index (χ0n) is 9.07. The van der Waals surface area contributed by atoms with E-state index in [2.05, 4.69) is 43.3 Å². The molecule has 1 aliphatic carbocycles. The van der Waals surface area contributed by atoms with Crippen LogP contribution in [-0.4, -0.2) is 0 Å². The van der Waals surface area contributed by atoms with Crippen LogP contribution in [0.3, 0.4) is 0 Å². The van der Waals surface area contributed by atoms with Crippen LogP contribution < -0.4 is 0 Å². The molecule has 16 heavy (non-hydrogen) atoms. The number of rotatable bonds is 0. The zero-order valence-corrected chi connectivity index (χ0v) is 9.07. The molecule has 0 spiro atoms. The van der Waals surface area contributed by atoms with Gasteiger partial charge in [0.2, 0.25) is 0 Å². The Morgan fingerprint density at radius 2 is 1.75 bits per heavy atom. The minimum atomic E-state index is 0.402. The lowest BCUT2D eigenvalue weighted by Gasteiger charge is -2.05. The van der Waals surface area contributed by atoms with Gasteiger partial charge in [-0.15, -0.1) is 0 Å². The SMILES string of the molecule is C[C@H]1c2ccccc2-c2ccc(C#N)cc21. The maximum absolute atomic E-state index is 8.92. The van der Waals surface area contributed by atoms with Crippen molar-refractivity contribution in [3.05, 3.63) is 59.2 Å². The van der Waals surface area contributed by atoms with Crippen molar-refractivity contribution in [2.24, 2.45) is 0 Å². The summed E-state index contributed by atoms with van der Waals surface area (Å²) in [6.07, 6.45) is 0. The summed E-state index contributed by atoms with van der Waals surface area (Å²) < 4.78 is 0. The smallest absolute Gasteiger partial charge is 0.0991 e. The van der Waals surface area contributed by atoms with E-state index in [-0.39, 0.29) is 0 Å². The first-order valence-corrected chi connectivity index (χ1v) is 5.44. The molecule has 0 aromatic heterocycles. The molecule has 0 radical (unpaired) electrons. The lowest BCUT2D eigenvalue weighted by atomic mass is 9.98. The second-order valence-corrected chi connectivity index (χ2v) is 4.22. The van der Waals surface area contributed by atoms with Gasteiger partial charge in [-0.05, 0) is 34.4 Å². The van der Waals surface area contributed by atoms with Gasteiger partial charge in [-0.2, -0.15) is 5.26 Å². The second kappa shape index (κ2) is 3.21. The molecule has 0 unspecified atom stereocenters. The molecule has 1 heteroatoms. The van der Waals surface area contributed by atoms with Gasteiger partial charge in [0.05, 0.1) is 11.6 Å². The van der Waals surface area contributed by atoms with Crippen molar-refractivity contribution in [1.29, 1.82) is 5.26 Å². The molecular weight excluding hydrogens is 194 g/mol. The molecule has 0 aliphatic heterocycles. The molecule has 0 heterocycles. The Labute approximate surface area is 95.0 Å². The van der Waals surface area contributed by atoms with Crippen LogP contribution >= 0.6 is 0 Å². The first-order valence-electron chi connectivity index (χ1n) is 5.44. The summed E-state index contributed by atoms with van der Waals surface area (Å²) in [6, 6.07) is 16.7. The molecule has 1 atom stereocenters. The van der Waals surface area contributed by atoms with E-state index < -0.39 is 0 Å². The monoisotopic (exact) mass is 205 g/mol. The van der Waals surface area contributed by atoms with Crippen LogP contribution in [0.25, 0.3) is 11.1 Å². The molecule has 2 aromatic carbocycles. The lowest BCUT2D eigenvalue weighted by molar-refractivity contribution is 0.956.